The van der Waals surface area contributed by atoms with Crippen LogP contribution in [-0.4, -0.2) is 22.8 Å². The van der Waals surface area contributed by atoms with Crippen molar-refractivity contribution in [3.05, 3.63) is 0 Å². The van der Waals surface area contributed by atoms with Gasteiger partial charge in [-0.1, -0.05) is 38.5 Å². The molecule has 2 fully saturated rings. The van der Waals surface area contributed by atoms with Gasteiger partial charge in [0.1, 0.15) is 0 Å². The first-order valence-electron chi connectivity index (χ1n) is 7.44. The molecule has 0 aliphatic heterocycles. The van der Waals surface area contributed by atoms with Crippen molar-refractivity contribution in [3.63, 3.8) is 0 Å². The molecule has 2 aliphatic rings. The molecule has 17 heavy (non-hydrogen) atoms. The lowest BCUT2D eigenvalue weighted by molar-refractivity contribution is 0.188. The molecule has 2 saturated carbocycles. The van der Waals surface area contributed by atoms with Crippen molar-refractivity contribution in [2.24, 2.45) is 0 Å². The maximum absolute atomic E-state index is 6.04. The van der Waals surface area contributed by atoms with Gasteiger partial charge in [0.2, 0.25) is 0 Å². The van der Waals surface area contributed by atoms with Crippen LogP contribution in [0.5, 0.6) is 0 Å². The molecule has 2 nitrogen and oxygen atoms in total. The van der Waals surface area contributed by atoms with Crippen molar-refractivity contribution in [2.45, 2.75) is 75.3 Å². The Morgan fingerprint density at radius 3 is 1.41 bits per heavy atom. The van der Waals surface area contributed by atoms with Gasteiger partial charge in [-0.25, -0.2) is 0 Å². The van der Waals surface area contributed by atoms with Crippen LogP contribution in [0.3, 0.4) is 0 Å². The SMILES string of the molecule is CO[Si](OC)(C1CCCCCCC1)C1CCC1. The molecule has 0 saturated heterocycles. The van der Waals surface area contributed by atoms with Gasteiger partial charge in [-0.05, 0) is 25.7 Å². The summed E-state index contributed by atoms with van der Waals surface area (Å²) in [6, 6.07) is 0. The second-order valence-corrected chi connectivity index (χ2v) is 9.69. The summed E-state index contributed by atoms with van der Waals surface area (Å²) in [6.45, 7) is 0. The van der Waals surface area contributed by atoms with Crippen molar-refractivity contribution in [3.8, 4) is 0 Å². The highest BCUT2D eigenvalue weighted by atomic mass is 28.4. The molecule has 0 bridgehead atoms. The van der Waals surface area contributed by atoms with Gasteiger partial charge < -0.3 is 8.85 Å². The Hall–Kier alpha value is 0.137. The fraction of sp³-hybridized carbons (Fsp3) is 1.00. The highest BCUT2D eigenvalue weighted by Crippen LogP contribution is 2.50. The molecule has 2 aliphatic carbocycles. The van der Waals surface area contributed by atoms with Gasteiger partial charge in [0.15, 0.2) is 0 Å². The normalized spacial score (nSPS) is 25.1. The van der Waals surface area contributed by atoms with Crippen LogP contribution in [0.2, 0.25) is 11.1 Å². The Bertz CT molecular complexity index is 216. The van der Waals surface area contributed by atoms with Crippen molar-refractivity contribution < 1.29 is 8.85 Å². The van der Waals surface area contributed by atoms with Crippen LogP contribution < -0.4 is 0 Å². The number of hydrogen-bond donors (Lipinski definition) is 0. The maximum atomic E-state index is 6.04. The summed E-state index contributed by atoms with van der Waals surface area (Å²) >= 11 is 0. The second kappa shape index (κ2) is 6.35. The van der Waals surface area contributed by atoms with Crippen molar-refractivity contribution in [1.82, 2.24) is 0 Å². The lowest BCUT2D eigenvalue weighted by Crippen LogP contribution is -2.52. The molecule has 0 radical (unpaired) electrons. The minimum absolute atomic E-state index is 0.753. The largest absolute Gasteiger partial charge is 0.397 e. The van der Waals surface area contributed by atoms with E-state index in [1.54, 1.807) is 0 Å². The van der Waals surface area contributed by atoms with E-state index >= 15 is 0 Å². The first-order chi connectivity index (χ1) is 8.33. The standard InChI is InChI=1S/C14H28O2Si/c1-15-17(16-2,14-11-8-12-14)13-9-6-4-3-5-7-10-13/h13-14H,3-12H2,1-2H3. The first kappa shape index (κ1) is 13.6. The van der Waals surface area contributed by atoms with E-state index in [4.69, 9.17) is 8.85 Å². The van der Waals surface area contributed by atoms with Crippen LogP contribution in [0, 0.1) is 0 Å². The van der Waals surface area contributed by atoms with Gasteiger partial charge in [-0.15, -0.1) is 0 Å². The second-order valence-electron chi connectivity index (χ2n) is 5.80. The first-order valence-corrected chi connectivity index (χ1v) is 9.41. The van der Waals surface area contributed by atoms with E-state index < -0.39 is 8.56 Å². The molecule has 0 atom stereocenters. The third-order valence-electron chi connectivity index (χ3n) is 4.99. The molecule has 0 aromatic carbocycles. The minimum Gasteiger partial charge on any atom is -0.397 e. The van der Waals surface area contributed by atoms with Gasteiger partial charge >= 0.3 is 8.56 Å². The van der Waals surface area contributed by atoms with Gasteiger partial charge in [-0.2, -0.15) is 0 Å². The minimum atomic E-state index is -1.91. The third kappa shape index (κ3) is 2.77. The fourth-order valence-corrected chi connectivity index (χ4v) is 8.35. The molecular formula is C14H28O2Si. The number of hydrogen-bond acceptors (Lipinski definition) is 2. The molecule has 100 valence electrons. The summed E-state index contributed by atoms with van der Waals surface area (Å²) in [4.78, 5) is 0. The van der Waals surface area contributed by atoms with Gasteiger partial charge in [0.25, 0.3) is 0 Å². The molecule has 0 spiro atoms. The summed E-state index contributed by atoms with van der Waals surface area (Å²) in [7, 11) is 1.91. The van der Waals surface area contributed by atoms with Crippen LogP contribution in [0.15, 0.2) is 0 Å². The van der Waals surface area contributed by atoms with E-state index in [1.807, 2.05) is 14.2 Å². The van der Waals surface area contributed by atoms with Crippen LogP contribution >= 0.6 is 0 Å². The zero-order valence-corrected chi connectivity index (χ0v) is 12.5. The smallest absolute Gasteiger partial charge is 0.344 e. The summed E-state index contributed by atoms with van der Waals surface area (Å²) in [5.41, 5.74) is 1.53. The van der Waals surface area contributed by atoms with Gasteiger partial charge in [-0.3, -0.25) is 0 Å². The average Bonchev–Trinajstić information content (AvgIpc) is 2.23. The monoisotopic (exact) mass is 256 g/mol. The van der Waals surface area contributed by atoms with Crippen LogP contribution in [0.25, 0.3) is 0 Å². The highest BCUT2D eigenvalue weighted by molar-refractivity contribution is 6.70. The Labute approximate surface area is 107 Å². The molecule has 0 aromatic rings. The zero-order valence-electron chi connectivity index (χ0n) is 11.5. The third-order valence-corrected chi connectivity index (χ3v) is 9.69. The van der Waals surface area contributed by atoms with E-state index in [1.165, 1.54) is 64.2 Å². The maximum Gasteiger partial charge on any atom is 0.344 e. The molecule has 0 heterocycles. The van der Waals surface area contributed by atoms with E-state index in [-0.39, 0.29) is 0 Å². The highest BCUT2D eigenvalue weighted by Gasteiger charge is 2.52. The van der Waals surface area contributed by atoms with E-state index in [0.29, 0.717) is 0 Å². The summed E-state index contributed by atoms with van der Waals surface area (Å²) in [5.74, 6) is 0. The summed E-state index contributed by atoms with van der Waals surface area (Å²) in [5, 5.41) is 0. The number of rotatable bonds is 4. The molecule has 0 unspecified atom stereocenters. The topological polar surface area (TPSA) is 18.5 Å². The van der Waals surface area contributed by atoms with Crippen LogP contribution in [0.4, 0.5) is 0 Å². The quantitative estimate of drug-likeness (QED) is 0.695. The molecule has 0 amide bonds. The van der Waals surface area contributed by atoms with E-state index in [0.717, 1.165) is 11.1 Å². The predicted molar refractivity (Wildman–Crippen MR) is 73.4 cm³/mol. The van der Waals surface area contributed by atoms with E-state index in [9.17, 15) is 0 Å². The van der Waals surface area contributed by atoms with Gasteiger partial charge in [0.05, 0.1) is 0 Å². The molecule has 0 aromatic heterocycles. The van der Waals surface area contributed by atoms with Crippen LogP contribution in [-0.2, 0) is 8.85 Å². The zero-order chi connectivity index (χ0) is 12.1. The van der Waals surface area contributed by atoms with Crippen molar-refractivity contribution >= 4 is 8.56 Å². The molecular weight excluding hydrogens is 228 g/mol. The molecule has 3 heteroatoms. The Balaban J connectivity index is 2.06. The van der Waals surface area contributed by atoms with Gasteiger partial charge in [0, 0.05) is 25.3 Å². The van der Waals surface area contributed by atoms with Crippen molar-refractivity contribution in [1.29, 1.82) is 0 Å². The Morgan fingerprint density at radius 1 is 0.647 bits per heavy atom. The van der Waals surface area contributed by atoms with E-state index in [2.05, 4.69) is 0 Å². The lowest BCUT2D eigenvalue weighted by atomic mass is 9.99. The molecule has 0 N–H and O–H groups in total. The Morgan fingerprint density at radius 2 is 1.06 bits per heavy atom. The molecule has 2 rings (SSSR count). The predicted octanol–water partition coefficient (Wildman–Crippen LogP) is 4.39. The van der Waals surface area contributed by atoms with Crippen LogP contribution in [0.1, 0.15) is 64.2 Å². The average molecular weight is 256 g/mol. The van der Waals surface area contributed by atoms with Crippen molar-refractivity contribution in [2.75, 3.05) is 14.2 Å². The lowest BCUT2D eigenvalue weighted by Gasteiger charge is -2.45. The Kier molecular flexibility index (Phi) is 5.06. The summed E-state index contributed by atoms with van der Waals surface area (Å²) < 4.78 is 12.1. The summed E-state index contributed by atoms with van der Waals surface area (Å²) in [6.07, 6.45) is 13.8. The fourth-order valence-electron chi connectivity index (χ4n) is 3.75.